The van der Waals surface area contributed by atoms with Gasteiger partial charge in [-0.1, -0.05) is 30.3 Å². The molecule has 2 N–H and O–H groups in total. The van der Waals surface area contributed by atoms with Gasteiger partial charge in [-0.15, -0.1) is 0 Å². The molecule has 9 heteroatoms. The first-order valence-electron chi connectivity index (χ1n) is 10.2. The number of nitrogens with zero attached hydrogens (tertiary/aromatic N) is 3. The summed E-state index contributed by atoms with van der Waals surface area (Å²) in [5.74, 6) is 0.749. The second-order valence-electron chi connectivity index (χ2n) is 7.31. The number of rotatable bonds is 12. The molecule has 31 heavy (non-hydrogen) atoms. The van der Waals surface area contributed by atoms with E-state index in [1.807, 2.05) is 24.0 Å². The Labute approximate surface area is 188 Å². The molecular weight excluding hydrogens is 420 g/mol. The van der Waals surface area contributed by atoms with Gasteiger partial charge in [0, 0.05) is 45.2 Å². The molecule has 0 aromatic heterocycles. The minimum absolute atomic E-state index is 0.0126. The van der Waals surface area contributed by atoms with Crippen LogP contribution in [0.15, 0.2) is 48.1 Å². The molecule has 0 saturated carbocycles. The van der Waals surface area contributed by atoms with Crippen molar-refractivity contribution in [1.82, 2.24) is 20.0 Å². The Morgan fingerprint density at radius 1 is 1.35 bits per heavy atom. The van der Waals surface area contributed by atoms with Gasteiger partial charge in [0.25, 0.3) is 5.91 Å². The summed E-state index contributed by atoms with van der Waals surface area (Å²) >= 11 is 6.02. The van der Waals surface area contributed by atoms with Gasteiger partial charge in [-0.3, -0.25) is 9.59 Å². The Bertz CT molecular complexity index is 812. The van der Waals surface area contributed by atoms with E-state index < -0.39 is 0 Å². The molecule has 1 heterocycles. The van der Waals surface area contributed by atoms with E-state index in [4.69, 9.17) is 21.4 Å². The Morgan fingerprint density at radius 3 is 2.61 bits per heavy atom. The molecule has 0 spiro atoms. The maximum absolute atomic E-state index is 13.4. The quantitative estimate of drug-likeness (QED) is 0.375. The summed E-state index contributed by atoms with van der Waals surface area (Å²) in [5, 5.41) is 13.1. The van der Waals surface area contributed by atoms with Crippen LogP contribution in [0.5, 0.6) is 0 Å². The largest absolute Gasteiger partial charge is 0.499 e. The van der Waals surface area contributed by atoms with Crippen LogP contribution in [-0.4, -0.2) is 72.1 Å². The van der Waals surface area contributed by atoms with Crippen LogP contribution in [0.2, 0.25) is 5.02 Å². The third-order valence-corrected chi connectivity index (χ3v) is 5.19. The van der Waals surface area contributed by atoms with Gasteiger partial charge >= 0.3 is 0 Å². The number of hydrogen-bond acceptors (Lipinski definition) is 6. The molecule has 1 aromatic rings. The van der Waals surface area contributed by atoms with Gasteiger partial charge in [0.15, 0.2) is 0 Å². The second kappa shape index (κ2) is 11.6. The van der Waals surface area contributed by atoms with Crippen molar-refractivity contribution in [1.29, 1.82) is 0 Å². The number of benzene rings is 1. The third kappa shape index (κ3) is 6.38. The first-order chi connectivity index (χ1) is 14.8. The van der Waals surface area contributed by atoms with Gasteiger partial charge in [0.05, 0.1) is 12.4 Å². The van der Waals surface area contributed by atoms with E-state index in [-0.39, 0.29) is 18.7 Å². The summed E-state index contributed by atoms with van der Waals surface area (Å²) in [7, 11) is 3.27. The summed E-state index contributed by atoms with van der Waals surface area (Å²) in [6.07, 6.45) is 1.21. The lowest BCUT2D eigenvalue weighted by Gasteiger charge is -2.30. The van der Waals surface area contributed by atoms with E-state index in [0.29, 0.717) is 61.2 Å². The maximum Gasteiger partial charge on any atom is 0.273 e. The van der Waals surface area contributed by atoms with E-state index in [0.717, 1.165) is 5.56 Å². The normalized spacial score (nSPS) is 15.5. The van der Waals surface area contributed by atoms with Crippen LogP contribution in [0.25, 0.3) is 0 Å². The van der Waals surface area contributed by atoms with Crippen LogP contribution < -0.4 is 5.32 Å². The molecule has 0 radical (unpaired) electrons. The molecule has 0 fully saturated rings. The molecule has 0 saturated heterocycles. The topological polar surface area (TPSA) is 85.4 Å². The number of amides is 2. The molecule has 1 aliphatic rings. The number of carbonyl (C=O) groups is 2. The minimum atomic E-state index is -0.336. The average molecular weight is 451 g/mol. The number of ether oxygens (including phenoxy) is 1. The smallest absolute Gasteiger partial charge is 0.273 e. The Kier molecular flexibility index (Phi) is 9.21. The lowest BCUT2D eigenvalue weighted by atomic mass is 10.1. The van der Waals surface area contributed by atoms with E-state index in [9.17, 15) is 9.59 Å². The predicted octanol–water partition coefficient (Wildman–Crippen LogP) is 2.11. The average Bonchev–Trinajstić information content (AvgIpc) is 3.10. The highest BCUT2D eigenvalue weighted by molar-refractivity contribution is 6.30. The number of halogens is 1. The Balaban J connectivity index is 2.43. The molecular formula is C22H31ClN4O4. The summed E-state index contributed by atoms with van der Waals surface area (Å²) < 4.78 is 5.53. The third-order valence-electron chi connectivity index (χ3n) is 4.94. The highest BCUT2D eigenvalue weighted by Crippen LogP contribution is 2.29. The van der Waals surface area contributed by atoms with Crippen molar-refractivity contribution in [2.24, 2.45) is 0 Å². The van der Waals surface area contributed by atoms with Crippen molar-refractivity contribution in [3.63, 3.8) is 0 Å². The minimum Gasteiger partial charge on any atom is -0.499 e. The van der Waals surface area contributed by atoms with Crippen LogP contribution in [0.1, 0.15) is 25.3 Å². The molecule has 8 nitrogen and oxygen atoms in total. The van der Waals surface area contributed by atoms with E-state index in [1.54, 1.807) is 31.1 Å². The first-order valence-corrected chi connectivity index (χ1v) is 10.6. The molecule has 2 rings (SSSR count). The van der Waals surface area contributed by atoms with Crippen molar-refractivity contribution in [2.75, 3.05) is 33.9 Å². The predicted molar refractivity (Wildman–Crippen MR) is 119 cm³/mol. The van der Waals surface area contributed by atoms with Crippen molar-refractivity contribution >= 4 is 23.9 Å². The highest BCUT2D eigenvalue weighted by atomic mass is 35.5. The molecule has 0 aliphatic carbocycles. The zero-order valence-corrected chi connectivity index (χ0v) is 19.1. The fraction of sp³-hybridized carbons (Fsp3) is 0.455. The van der Waals surface area contributed by atoms with Gasteiger partial charge in [0.2, 0.25) is 6.41 Å². The fourth-order valence-corrected chi connectivity index (χ4v) is 3.47. The monoisotopic (exact) mass is 450 g/mol. The number of carbonyl (C=O) groups excluding carboxylic acids is 2. The van der Waals surface area contributed by atoms with Gasteiger partial charge in [0.1, 0.15) is 17.7 Å². The van der Waals surface area contributed by atoms with Crippen LogP contribution >= 0.6 is 11.6 Å². The van der Waals surface area contributed by atoms with Crippen molar-refractivity contribution in [3.05, 3.63) is 58.7 Å². The number of nitrogens with one attached hydrogen (secondary N) is 1. The lowest BCUT2D eigenvalue weighted by Crippen LogP contribution is -2.41. The Morgan fingerprint density at radius 2 is 2.03 bits per heavy atom. The van der Waals surface area contributed by atoms with E-state index in [2.05, 4.69) is 11.9 Å². The molecule has 1 aromatic carbocycles. The number of hydrogen-bond donors (Lipinski definition) is 2. The van der Waals surface area contributed by atoms with Gasteiger partial charge in [-0.05, 0) is 31.0 Å². The summed E-state index contributed by atoms with van der Waals surface area (Å²) in [6, 6.07) is 7.39. The van der Waals surface area contributed by atoms with Crippen LogP contribution in [0.3, 0.4) is 0 Å². The standard InChI is InChI=1S/C22H31ClN4O4/c1-5-31-16(2)13-19-24-21(26(4)15-29)20(22(30)25(3)11-6-12-28)27(19)14-17-7-9-18(23)10-8-17/h7-10,15,19,24,28H,2,5-6,11-14H2,1,3-4H3. The summed E-state index contributed by atoms with van der Waals surface area (Å²) in [4.78, 5) is 29.7. The molecule has 1 unspecified atom stereocenters. The molecule has 1 atom stereocenters. The lowest BCUT2D eigenvalue weighted by molar-refractivity contribution is -0.128. The molecule has 2 amide bonds. The number of likely N-dealkylation sites (N-methyl/N-ethyl adjacent to an activating group) is 1. The Hall–Kier alpha value is -2.71. The zero-order chi connectivity index (χ0) is 23.0. The van der Waals surface area contributed by atoms with Crippen molar-refractivity contribution < 1.29 is 19.4 Å². The van der Waals surface area contributed by atoms with E-state index in [1.165, 1.54) is 4.90 Å². The number of aliphatic hydroxyl groups excluding tert-OH is 1. The van der Waals surface area contributed by atoms with Crippen molar-refractivity contribution in [3.8, 4) is 0 Å². The maximum atomic E-state index is 13.4. The van der Waals surface area contributed by atoms with Gasteiger partial charge in [-0.2, -0.15) is 0 Å². The van der Waals surface area contributed by atoms with Gasteiger partial charge < -0.3 is 29.9 Å². The van der Waals surface area contributed by atoms with E-state index >= 15 is 0 Å². The first kappa shape index (κ1) is 24.6. The summed E-state index contributed by atoms with van der Waals surface area (Å²) in [5.41, 5.74) is 1.33. The highest BCUT2D eigenvalue weighted by Gasteiger charge is 2.38. The SMILES string of the molecule is C=C(CC1NC(N(C)C=O)=C(C(=O)N(C)CCCO)N1Cc1ccc(Cl)cc1)OCC. The fourth-order valence-electron chi connectivity index (χ4n) is 3.35. The molecule has 1 aliphatic heterocycles. The van der Waals surface area contributed by atoms with Crippen LogP contribution in [0.4, 0.5) is 0 Å². The van der Waals surface area contributed by atoms with Crippen LogP contribution in [-0.2, 0) is 20.9 Å². The van der Waals surface area contributed by atoms with Gasteiger partial charge in [-0.25, -0.2) is 0 Å². The summed E-state index contributed by atoms with van der Waals surface area (Å²) in [6.45, 7) is 7.14. The number of aliphatic hydroxyl groups is 1. The zero-order valence-electron chi connectivity index (χ0n) is 18.3. The second-order valence-corrected chi connectivity index (χ2v) is 7.74. The van der Waals surface area contributed by atoms with Crippen LogP contribution in [0, 0.1) is 0 Å². The van der Waals surface area contributed by atoms with Crippen molar-refractivity contribution in [2.45, 2.75) is 32.5 Å². The molecule has 0 bridgehead atoms. The molecule has 170 valence electrons.